The summed E-state index contributed by atoms with van der Waals surface area (Å²) >= 11 is 6.11. The second-order valence-electron chi connectivity index (χ2n) is 5.27. The van der Waals surface area contributed by atoms with Gasteiger partial charge in [0.2, 0.25) is 0 Å². The Balaban J connectivity index is 2.73. The highest BCUT2D eigenvalue weighted by Gasteiger charge is 2.08. The summed E-state index contributed by atoms with van der Waals surface area (Å²) in [7, 11) is 1.62. The number of halogens is 1. The summed E-state index contributed by atoms with van der Waals surface area (Å²) in [6.07, 6.45) is 6.16. The van der Waals surface area contributed by atoms with Crippen LogP contribution in [0.25, 0.3) is 6.08 Å². The van der Waals surface area contributed by atoms with Crippen molar-refractivity contribution in [1.29, 1.82) is 0 Å². The van der Waals surface area contributed by atoms with Crippen molar-refractivity contribution in [3.05, 3.63) is 34.4 Å². The number of benzene rings is 1. The second kappa shape index (κ2) is 6.26. The highest BCUT2D eigenvalue weighted by Crippen LogP contribution is 2.28. The number of ether oxygens (including phenoxy) is 1. The van der Waals surface area contributed by atoms with Crippen molar-refractivity contribution < 1.29 is 4.74 Å². The zero-order chi connectivity index (χ0) is 13.8. The van der Waals surface area contributed by atoms with Crippen LogP contribution in [0.15, 0.2) is 18.2 Å². The SMILES string of the molecule is COc1cc(C)c(/C=C/CCC(C)(C)N)cc1Cl. The Kier molecular flexibility index (Phi) is 5.24. The molecule has 1 rings (SSSR count). The minimum absolute atomic E-state index is 0.114. The van der Waals surface area contributed by atoms with Crippen LogP contribution in [0.3, 0.4) is 0 Å². The molecule has 0 spiro atoms. The first-order chi connectivity index (χ1) is 8.33. The molecule has 0 aromatic heterocycles. The maximum absolute atomic E-state index is 6.11. The summed E-state index contributed by atoms with van der Waals surface area (Å²) in [6, 6.07) is 3.88. The molecule has 0 atom stereocenters. The number of aryl methyl sites for hydroxylation is 1. The normalized spacial score (nSPS) is 12.1. The molecule has 0 aliphatic rings. The van der Waals surface area contributed by atoms with Crippen molar-refractivity contribution >= 4 is 17.7 Å². The fourth-order valence-electron chi connectivity index (χ4n) is 1.67. The minimum atomic E-state index is -0.114. The van der Waals surface area contributed by atoms with Gasteiger partial charge in [-0.2, -0.15) is 0 Å². The lowest BCUT2D eigenvalue weighted by Crippen LogP contribution is -2.31. The van der Waals surface area contributed by atoms with Gasteiger partial charge in [0.05, 0.1) is 12.1 Å². The molecule has 0 radical (unpaired) electrons. The fraction of sp³-hybridized carbons (Fsp3) is 0.467. The highest BCUT2D eigenvalue weighted by atomic mass is 35.5. The van der Waals surface area contributed by atoms with Crippen molar-refractivity contribution in [3.8, 4) is 5.75 Å². The molecule has 0 aliphatic heterocycles. The van der Waals surface area contributed by atoms with Crippen molar-refractivity contribution in [1.82, 2.24) is 0 Å². The maximum atomic E-state index is 6.11. The average molecular weight is 268 g/mol. The van der Waals surface area contributed by atoms with Crippen molar-refractivity contribution in [2.45, 2.75) is 39.2 Å². The third-order valence-electron chi connectivity index (χ3n) is 2.79. The van der Waals surface area contributed by atoms with Crippen LogP contribution >= 0.6 is 11.6 Å². The third kappa shape index (κ3) is 4.71. The first kappa shape index (κ1) is 15.1. The lowest BCUT2D eigenvalue weighted by molar-refractivity contribution is 0.414. The standard InChI is InChI=1S/C15H22ClNO/c1-11-9-14(18-4)13(16)10-12(11)7-5-6-8-15(2,3)17/h5,7,9-10H,6,8,17H2,1-4H3/b7-5+. The van der Waals surface area contributed by atoms with Gasteiger partial charge in [0.1, 0.15) is 5.75 Å². The molecule has 0 unspecified atom stereocenters. The summed E-state index contributed by atoms with van der Waals surface area (Å²) in [5.41, 5.74) is 8.09. The smallest absolute Gasteiger partial charge is 0.137 e. The van der Waals surface area contributed by atoms with Gasteiger partial charge in [-0.25, -0.2) is 0 Å². The Morgan fingerprint density at radius 2 is 2.06 bits per heavy atom. The van der Waals surface area contributed by atoms with E-state index in [1.807, 2.05) is 32.9 Å². The molecule has 0 heterocycles. The molecule has 2 nitrogen and oxygen atoms in total. The largest absolute Gasteiger partial charge is 0.495 e. The zero-order valence-electron chi connectivity index (χ0n) is 11.6. The summed E-state index contributed by atoms with van der Waals surface area (Å²) in [5, 5.41) is 0.641. The van der Waals surface area contributed by atoms with Crippen molar-refractivity contribution in [3.63, 3.8) is 0 Å². The van der Waals surface area contributed by atoms with Gasteiger partial charge in [0.15, 0.2) is 0 Å². The van der Waals surface area contributed by atoms with Gasteiger partial charge in [-0.1, -0.05) is 23.8 Å². The monoisotopic (exact) mass is 267 g/mol. The Labute approximate surface area is 115 Å². The van der Waals surface area contributed by atoms with E-state index < -0.39 is 0 Å². The Bertz CT molecular complexity index is 433. The lowest BCUT2D eigenvalue weighted by Gasteiger charge is -2.16. The molecule has 3 heteroatoms. The maximum Gasteiger partial charge on any atom is 0.137 e. The van der Waals surface area contributed by atoms with Crippen LogP contribution in [0.1, 0.15) is 37.8 Å². The van der Waals surface area contributed by atoms with Gasteiger partial charge in [-0.05, 0) is 56.9 Å². The van der Waals surface area contributed by atoms with Gasteiger partial charge < -0.3 is 10.5 Å². The highest BCUT2D eigenvalue weighted by molar-refractivity contribution is 6.32. The van der Waals surface area contributed by atoms with Crippen LogP contribution < -0.4 is 10.5 Å². The first-order valence-electron chi connectivity index (χ1n) is 6.13. The van der Waals surface area contributed by atoms with Gasteiger partial charge in [0, 0.05) is 5.54 Å². The number of hydrogen-bond acceptors (Lipinski definition) is 2. The fourth-order valence-corrected chi connectivity index (χ4v) is 1.92. The predicted octanol–water partition coefficient (Wildman–Crippen LogP) is 4.19. The molecule has 0 saturated carbocycles. The number of hydrogen-bond donors (Lipinski definition) is 1. The van der Waals surface area contributed by atoms with E-state index in [2.05, 4.69) is 12.2 Å². The topological polar surface area (TPSA) is 35.2 Å². The predicted molar refractivity (Wildman–Crippen MR) is 79.3 cm³/mol. The molecule has 2 N–H and O–H groups in total. The molecule has 0 aliphatic carbocycles. The van der Waals surface area contributed by atoms with Crippen LogP contribution in [0, 0.1) is 6.92 Å². The molecular weight excluding hydrogens is 246 g/mol. The summed E-state index contributed by atoms with van der Waals surface area (Å²) < 4.78 is 5.18. The zero-order valence-corrected chi connectivity index (χ0v) is 12.3. The van der Waals surface area contributed by atoms with Gasteiger partial charge in [-0.3, -0.25) is 0 Å². The Hall–Kier alpha value is -0.990. The van der Waals surface area contributed by atoms with E-state index in [4.69, 9.17) is 22.1 Å². The van der Waals surface area contributed by atoms with E-state index >= 15 is 0 Å². The van der Waals surface area contributed by atoms with Crippen LogP contribution in [-0.4, -0.2) is 12.6 Å². The van der Waals surface area contributed by atoms with Crippen molar-refractivity contribution in [2.75, 3.05) is 7.11 Å². The van der Waals surface area contributed by atoms with Gasteiger partial charge >= 0.3 is 0 Å². The number of allylic oxidation sites excluding steroid dienone is 1. The molecule has 100 valence electrons. The summed E-state index contributed by atoms with van der Waals surface area (Å²) in [4.78, 5) is 0. The Morgan fingerprint density at radius 1 is 1.39 bits per heavy atom. The average Bonchev–Trinajstić information content (AvgIpc) is 2.27. The van der Waals surface area contributed by atoms with E-state index in [0.29, 0.717) is 5.02 Å². The van der Waals surface area contributed by atoms with E-state index in [-0.39, 0.29) is 5.54 Å². The van der Waals surface area contributed by atoms with E-state index in [1.54, 1.807) is 7.11 Å². The molecule has 0 fully saturated rings. The molecule has 0 amide bonds. The van der Waals surface area contributed by atoms with Crippen LogP contribution in [0.5, 0.6) is 5.75 Å². The van der Waals surface area contributed by atoms with E-state index in [1.165, 1.54) is 0 Å². The van der Waals surface area contributed by atoms with E-state index in [0.717, 1.165) is 29.7 Å². The minimum Gasteiger partial charge on any atom is -0.495 e. The first-order valence-corrected chi connectivity index (χ1v) is 6.51. The number of rotatable bonds is 5. The lowest BCUT2D eigenvalue weighted by atomic mass is 9.99. The third-order valence-corrected chi connectivity index (χ3v) is 3.09. The Morgan fingerprint density at radius 3 is 2.61 bits per heavy atom. The van der Waals surface area contributed by atoms with Gasteiger partial charge in [0.25, 0.3) is 0 Å². The molecular formula is C15H22ClNO. The van der Waals surface area contributed by atoms with Crippen LogP contribution in [-0.2, 0) is 0 Å². The number of methoxy groups -OCH3 is 1. The summed E-state index contributed by atoms with van der Waals surface area (Å²) in [6.45, 7) is 6.12. The summed E-state index contributed by atoms with van der Waals surface area (Å²) in [5.74, 6) is 0.717. The molecule has 18 heavy (non-hydrogen) atoms. The van der Waals surface area contributed by atoms with Crippen molar-refractivity contribution in [2.24, 2.45) is 5.73 Å². The molecule has 0 bridgehead atoms. The molecule has 0 saturated heterocycles. The molecule has 1 aromatic carbocycles. The van der Waals surface area contributed by atoms with E-state index in [9.17, 15) is 0 Å². The van der Waals surface area contributed by atoms with Gasteiger partial charge in [-0.15, -0.1) is 0 Å². The number of nitrogens with two attached hydrogens (primary N) is 1. The second-order valence-corrected chi connectivity index (χ2v) is 5.68. The van der Waals surface area contributed by atoms with Crippen LogP contribution in [0.2, 0.25) is 5.02 Å². The van der Waals surface area contributed by atoms with Crippen LogP contribution in [0.4, 0.5) is 0 Å². The quantitative estimate of drug-likeness (QED) is 0.868. The molecule has 1 aromatic rings.